The van der Waals surface area contributed by atoms with Crippen molar-refractivity contribution in [2.24, 2.45) is 0 Å². The summed E-state index contributed by atoms with van der Waals surface area (Å²) in [5.74, 6) is -1.32. The summed E-state index contributed by atoms with van der Waals surface area (Å²) in [5, 5.41) is 0.433. The van der Waals surface area contributed by atoms with Crippen molar-refractivity contribution < 1.29 is 22.0 Å². The summed E-state index contributed by atoms with van der Waals surface area (Å²) in [6.45, 7) is 2.46. The van der Waals surface area contributed by atoms with Crippen LogP contribution in [0.1, 0.15) is 6.42 Å². The van der Waals surface area contributed by atoms with E-state index in [2.05, 4.69) is 14.9 Å². The van der Waals surface area contributed by atoms with Gasteiger partial charge >= 0.3 is 0 Å². The Hall–Kier alpha value is -1.72. The summed E-state index contributed by atoms with van der Waals surface area (Å²) < 4.78 is 49.8. The molecule has 1 aromatic heterocycles. The predicted octanol–water partition coefficient (Wildman–Crippen LogP) is 1.26. The van der Waals surface area contributed by atoms with E-state index in [-0.39, 0.29) is 29.2 Å². The van der Waals surface area contributed by atoms with Crippen LogP contribution in [0.5, 0.6) is 0 Å². The molecule has 3 heterocycles. The Morgan fingerprint density at radius 1 is 1.21 bits per heavy atom. The number of nitrogens with zero attached hydrogens (tertiary/aromatic N) is 3. The van der Waals surface area contributed by atoms with Crippen molar-refractivity contribution in [1.29, 1.82) is 0 Å². The summed E-state index contributed by atoms with van der Waals surface area (Å²) in [7, 11) is -2.91. The molecule has 28 heavy (non-hydrogen) atoms. The fourth-order valence-corrected chi connectivity index (χ4v) is 6.22. The van der Waals surface area contributed by atoms with Crippen LogP contribution in [-0.4, -0.2) is 83.6 Å². The third kappa shape index (κ3) is 4.15. The minimum absolute atomic E-state index is 0.0403. The summed E-state index contributed by atoms with van der Waals surface area (Å²) in [4.78, 5) is 23.4. The second-order valence-electron chi connectivity index (χ2n) is 7.09. The monoisotopic (exact) mass is 430 g/mol. The number of sulfone groups is 1. The fourth-order valence-electron chi connectivity index (χ4n) is 3.67. The number of H-pyrrole nitrogens is 1. The highest BCUT2D eigenvalue weighted by molar-refractivity contribution is 7.99. The van der Waals surface area contributed by atoms with Gasteiger partial charge in [0, 0.05) is 44.4 Å². The van der Waals surface area contributed by atoms with Gasteiger partial charge in [-0.15, -0.1) is 0 Å². The van der Waals surface area contributed by atoms with Crippen LogP contribution in [-0.2, 0) is 14.6 Å². The normalized spacial score (nSPS) is 22.8. The van der Waals surface area contributed by atoms with E-state index in [4.69, 9.17) is 0 Å². The molecule has 1 aromatic carbocycles. The molecule has 1 N–H and O–H groups in total. The number of benzene rings is 1. The number of nitrogens with one attached hydrogen (secondary N) is 1. The van der Waals surface area contributed by atoms with Crippen molar-refractivity contribution in [2.75, 3.05) is 43.4 Å². The number of carbonyl (C=O) groups excluding carboxylic acids is 1. The first-order valence-corrected chi connectivity index (χ1v) is 11.8. The summed E-state index contributed by atoms with van der Waals surface area (Å²) in [6.07, 6.45) is 0.666. The van der Waals surface area contributed by atoms with E-state index in [0.29, 0.717) is 48.8 Å². The maximum atomic E-state index is 13.3. The van der Waals surface area contributed by atoms with Crippen LogP contribution in [0, 0.1) is 11.6 Å². The van der Waals surface area contributed by atoms with E-state index in [1.807, 2.05) is 0 Å². The maximum Gasteiger partial charge on any atom is 0.233 e. The van der Waals surface area contributed by atoms with E-state index in [0.717, 1.165) is 12.1 Å². The molecule has 2 saturated heterocycles. The quantitative estimate of drug-likeness (QED) is 0.735. The molecule has 7 nitrogen and oxygen atoms in total. The number of aromatic amines is 1. The molecule has 0 aliphatic carbocycles. The lowest BCUT2D eigenvalue weighted by Crippen LogP contribution is -2.52. The van der Waals surface area contributed by atoms with Gasteiger partial charge in [-0.3, -0.25) is 9.69 Å². The number of piperazine rings is 1. The molecule has 1 unspecified atom stereocenters. The summed E-state index contributed by atoms with van der Waals surface area (Å²) >= 11 is 1.19. The zero-order chi connectivity index (χ0) is 19.9. The lowest BCUT2D eigenvalue weighted by molar-refractivity contribution is -0.130. The summed E-state index contributed by atoms with van der Waals surface area (Å²) in [5.41, 5.74) is 0.697. The second-order valence-corrected chi connectivity index (χ2v) is 10.3. The summed E-state index contributed by atoms with van der Waals surface area (Å²) in [6, 6.07) is 2.13. The van der Waals surface area contributed by atoms with Crippen LogP contribution in [0.2, 0.25) is 0 Å². The van der Waals surface area contributed by atoms with Crippen LogP contribution >= 0.6 is 11.8 Å². The lowest BCUT2D eigenvalue weighted by Gasteiger charge is -2.37. The zero-order valence-electron chi connectivity index (χ0n) is 15.0. The Labute approximate surface area is 165 Å². The fraction of sp³-hybridized carbons (Fsp3) is 0.529. The number of imidazole rings is 1. The van der Waals surface area contributed by atoms with Gasteiger partial charge in [-0.25, -0.2) is 22.2 Å². The Balaban J connectivity index is 1.29. The standard InChI is InChI=1S/C17H20F2N4O3S2/c18-12-7-14-15(8-13(12)19)21-17(20-14)27-9-16(24)23-4-2-22(3-5-23)11-1-6-28(25,26)10-11/h7-8,11H,1-6,9-10H2,(H,20,21). The molecular formula is C17H20F2N4O3S2. The highest BCUT2D eigenvalue weighted by atomic mass is 32.2. The van der Waals surface area contributed by atoms with Crippen molar-refractivity contribution in [3.05, 3.63) is 23.8 Å². The van der Waals surface area contributed by atoms with E-state index in [1.54, 1.807) is 4.90 Å². The van der Waals surface area contributed by atoms with Gasteiger partial charge < -0.3 is 9.88 Å². The smallest absolute Gasteiger partial charge is 0.233 e. The number of halogens is 2. The van der Waals surface area contributed by atoms with Gasteiger partial charge in [-0.1, -0.05) is 11.8 Å². The largest absolute Gasteiger partial charge is 0.339 e. The molecular weight excluding hydrogens is 410 g/mol. The average Bonchev–Trinajstić information content (AvgIpc) is 3.22. The molecule has 1 atom stereocenters. The molecule has 0 radical (unpaired) electrons. The maximum absolute atomic E-state index is 13.3. The minimum atomic E-state index is -2.91. The first-order valence-electron chi connectivity index (χ1n) is 9.00. The zero-order valence-corrected chi connectivity index (χ0v) is 16.7. The van der Waals surface area contributed by atoms with Crippen LogP contribution in [0.4, 0.5) is 8.78 Å². The molecule has 1 amide bonds. The minimum Gasteiger partial charge on any atom is -0.339 e. The van der Waals surface area contributed by atoms with Crippen molar-refractivity contribution in [3.8, 4) is 0 Å². The van der Waals surface area contributed by atoms with Gasteiger partial charge in [-0.05, 0) is 6.42 Å². The third-order valence-corrected chi connectivity index (χ3v) is 7.83. The van der Waals surface area contributed by atoms with Gasteiger partial charge in [0.25, 0.3) is 0 Å². The lowest BCUT2D eigenvalue weighted by atomic mass is 10.2. The second kappa shape index (κ2) is 7.60. The molecule has 11 heteroatoms. The van der Waals surface area contributed by atoms with Crippen molar-refractivity contribution in [3.63, 3.8) is 0 Å². The van der Waals surface area contributed by atoms with Gasteiger partial charge in [0.05, 0.1) is 28.3 Å². The number of aromatic nitrogens is 2. The number of carbonyl (C=O) groups is 1. The first kappa shape index (κ1) is 19.6. The van der Waals surface area contributed by atoms with Crippen molar-refractivity contribution >= 4 is 38.5 Å². The Kier molecular flexibility index (Phi) is 5.32. The number of thioether (sulfide) groups is 1. The van der Waals surface area contributed by atoms with Crippen molar-refractivity contribution in [1.82, 2.24) is 19.8 Å². The van der Waals surface area contributed by atoms with Crippen LogP contribution in [0.15, 0.2) is 17.3 Å². The van der Waals surface area contributed by atoms with Gasteiger partial charge in [0.15, 0.2) is 26.6 Å². The van der Waals surface area contributed by atoms with Crippen LogP contribution < -0.4 is 0 Å². The van der Waals surface area contributed by atoms with E-state index < -0.39 is 21.5 Å². The first-order chi connectivity index (χ1) is 13.3. The topological polar surface area (TPSA) is 86.4 Å². The molecule has 152 valence electrons. The Morgan fingerprint density at radius 2 is 1.93 bits per heavy atom. The highest BCUT2D eigenvalue weighted by Crippen LogP contribution is 2.23. The number of hydrogen-bond acceptors (Lipinski definition) is 6. The molecule has 4 rings (SSSR count). The molecule has 0 saturated carbocycles. The van der Waals surface area contributed by atoms with E-state index in [1.165, 1.54) is 11.8 Å². The number of hydrogen-bond donors (Lipinski definition) is 1. The number of rotatable bonds is 4. The van der Waals surface area contributed by atoms with Crippen molar-refractivity contribution in [2.45, 2.75) is 17.6 Å². The highest BCUT2D eigenvalue weighted by Gasteiger charge is 2.34. The van der Waals surface area contributed by atoms with Crippen LogP contribution in [0.3, 0.4) is 0 Å². The molecule has 0 bridgehead atoms. The molecule has 2 aromatic rings. The Morgan fingerprint density at radius 3 is 2.61 bits per heavy atom. The van der Waals surface area contributed by atoms with Gasteiger partial charge in [0.2, 0.25) is 5.91 Å². The van der Waals surface area contributed by atoms with E-state index >= 15 is 0 Å². The molecule has 2 aliphatic rings. The number of fused-ring (bicyclic) bond motifs is 1. The molecule has 2 aliphatic heterocycles. The molecule has 2 fully saturated rings. The SMILES string of the molecule is O=C(CSc1nc2cc(F)c(F)cc2[nH]1)N1CCN(C2CCS(=O)(=O)C2)CC1. The third-order valence-electron chi connectivity index (χ3n) is 5.23. The van der Waals surface area contributed by atoms with Gasteiger partial charge in [0.1, 0.15) is 0 Å². The van der Waals surface area contributed by atoms with E-state index in [9.17, 15) is 22.0 Å². The number of amides is 1. The Bertz CT molecular complexity index is 964. The molecule has 0 spiro atoms. The van der Waals surface area contributed by atoms with Gasteiger partial charge in [-0.2, -0.15) is 0 Å². The average molecular weight is 431 g/mol. The van der Waals surface area contributed by atoms with Crippen LogP contribution in [0.25, 0.3) is 11.0 Å². The predicted molar refractivity (Wildman–Crippen MR) is 102 cm³/mol.